The highest BCUT2D eigenvalue weighted by Crippen LogP contribution is 2.32. The molecule has 0 saturated carbocycles. The van der Waals surface area contributed by atoms with Crippen LogP contribution < -0.4 is 10.6 Å². The third-order valence-corrected chi connectivity index (χ3v) is 9.49. The van der Waals surface area contributed by atoms with Gasteiger partial charge in [0.25, 0.3) is 0 Å². The number of hydrogen-bond donors (Lipinski definition) is 4. The van der Waals surface area contributed by atoms with Crippen LogP contribution in [0.3, 0.4) is 0 Å². The van der Waals surface area contributed by atoms with Crippen LogP contribution in [0.25, 0.3) is 0 Å². The summed E-state index contributed by atoms with van der Waals surface area (Å²) in [5, 5.41) is 5.31. The lowest BCUT2D eigenvalue weighted by Gasteiger charge is -2.29. The maximum absolute atomic E-state index is 13.4. The third-order valence-electron chi connectivity index (χ3n) is 9.49. The highest BCUT2D eigenvalue weighted by molar-refractivity contribution is 5.87. The molecule has 0 radical (unpaired) electrons. The van der Waals surface area contributed by atoms with Gasteiger partial charge in [-0.15, -0.1) is 24.8 Å². The zero-order chi connectivity index (χ0) is 40.2. The standard InChI is InChI=1S/C42H46N8O6.2ClH/c1-27(2)35(47-41(53)55-5)39(51)49-23-11-17-33(49)37-43-25-31(45-37)15-9-7-13-29-19-21-30(22-20-29)14-8-10-16-32-26-44-38(46-32)34-18-12-24-50(34)40(52)36(28(3)4)48-42(54)56-6;;/h19-22,25-28,33-36H,11-12,17-18,23-24H2,1-6H3,(H,43,45)(H,44,46)(H,47,53)(H,48,54);2*1H/t33-,34-,35-,36-;;/m0../s1. The first-order valence-corrected chi connectivity index (χ1v) is 18.5. The number of benzene rings is 1. The molecule has 4 N–H and O–H groups in total. The van der Waals surface area contributed by atoms with Crippen LogP contribution in [0.2, 0.25) is 0 Å². The summed E-state index contributed by atoms with van der Waals surface area (Å²) in [7, 11) is 2.54. The van der Waals surface area contributed by atoms with Crippen LogP contribution in [0.15, 0.2) is 36.7 Å². The van der Waals surface area contributed by atoms with Crippen molar-refractivity contribution in [1.82, 2.24) is 40.4 Å². The summed E-state index contributed by atoms with van der Waals surface area (Å²) in [5.41, 5.74) is 2.71. The number of aromatic nitrogens is 4. The number of aromatic amines is 2. The molecule has 2 fully saturated rings. The minimum atomic E-state index is -0.705. The van der Waals surface area contributed by atoms with E-state index in [0.717, 1.165) is 36.8 Å². The van der Waals surface area contributed by atoms with Crippen molar-refractivity contribution >= 4 is 48.8 Å². The first kappa shape index (κ1) is 46.3. The first-order chi connectivity index (χ1) is 27.0. The van der Waals surface area contributed by atoms with E-state index >= 15 is 0 Å². The molecule has 2 saturated heterocycles. The average Bonchev–Trinajstić information content (AvgIpc) is 4.03. The summed E-state index contributed by atoms with van der Waals surface area (Å²) >= 11 is 0. The molecule has 306 valence electrons. The third kappa shape index (κ3) is 12.0. The van der Waals surface area contributed by atoms with Gasteiger partial charge in [0.2, 0.25) is 11.8 Å². The number of likely N-dealkylation sites (tertiary alicyclic amines) is 2. The molecule has 5 rings (SSSR count). The summed E-state index contributed by atoms with van der Waals surface area (Å²) in [6.07, 6.45) is 5.10. The van der Waals surface area contributed by atoms with Gasteiger partial charge >= 0.3 is 12.2 Å². The molecule has 14 nitrogen and oxygen atoms in total. The lowest BCUT2D eigenvalue weighted by molar-refractivity contribution is -0.136. The molecule has 2 aliphatic rings. The molecule has 4 heterocycles. The summed E-state index contributed by atoms with van der Waals surface area (Å²) < 4.78 is 9.42. The van der Waals surface area contributed by atoms with E-state index in [-0.39, 0.29) is 60.5 Å². The quantitative estimate of drug-likeness (QED) is 0.233. The minimum absolute atomic E-state index is 0. The summed E-state index contributed by atoms with van der Waals surface area (Å²) in [5.74, 6) is 24.1. The second-order valence-electron chi connectivity index (χ2n) is 14.0. The van der Waals surface area contributed by atoms with E-state index in [1.165, 1.54) is 14.2 Å². The molecule has 0 unspecified atom stereocenters. The number of nitrogens with zero attached hydrogens (tertiary/aromatic N) is 4. The van der Waals surface area contributed by atoms with Crippen molar-refractivity contribution in [2.24, 2.45) is 11.8 Å². The van der Waals surface area contributed by atoms with Gasteiger partial charge in [0.05, 0.1) is 38.7 Å². The maximum atomic E-state index is 13.4. The number of alkyl carbamates (subject to hydrolysis) is 2. The molecule has 4 atom stereocenters. The Kier molecular flexibility index (Phi) is 17.6. The van der Waals surface area contributed by atoms with Crippen molar-refractivity contribution in [3.05, 3.63) is 70.8 Å². The number of carbonyl (C=O) groups is 4. The smallest absolute Gasteiger partial charge is 0.407 e. The van der Waals surface area contributed by atoms with Crippen LogP contribution in [0.5, 0.6) is 0 Å². The van der Waals surface area contributed by atoms with Gasteiger partial charge in [0, 0.05) is 24.2 Å². The Hall–Kier alpha value is -6.06. The zero-order valence-electron chi connectivity index (χ0n) is 33.2. The highest BCUT2D eigenvalue weighted by Gasteiger charge is 2.38. The fourth-order valence-electron chi connectivity index (χ4n) is 6.57. The summed E-state index contributed by atoms with van der Waals surface area (Å²) in [6.45, 7) is 8.64. The van der Waals surface area contributed by atoms with Gasteiger partial charge in [0.15, 0.2) is 0 Å². The number of hydrogen-bond acceptors (Lipinski definition) is 8. The molecule has 0 bridgehead atoms. The Morgan fingerprint density at radius 3 is 1.36 bits per heavy atom. The van der Waals surface area contributed by atoms with Gasteiger partial charge in [-0.05, 0) is 97.3 Å². The Morgan fingerprint density at radius 2 is 1.02 bits per heavy atom. The summed E-state index contributed by atoms with van der Waals surface area (Å²) in [6, 6.07) is 5.51. The van der Waals surface area contributed by atoms with E-state index in [0.29, 0.717) is 36.1 Å². The van der Waals surface area contributed by atoms with Crippen LogP contribution in [0.1, 0.15) is 99.6 Å². The van der Waals surface area contributed by atoms with Gasteiger partial charge in [-0.1, -0.05) is 39.5 Å². The van der Waals surface area contributed by atoms with E-state index in [9.17, 15) is 19.2 Å². The molecular formula is C42H48Cl2N8O6. The van der Waals surface area contributed by atoms with E-state index in [1.807, 2.05) is 52.0 Å². The summed E-state index contributed by atoms with van der Waals surface area (Å²) in [4.78, 5) is 69.3. The molecule has 4 amide bonds. The molecule has 0 spiro atoms. The van der Waals surface area contributed by atoms with Gasteiger partial charge < -0.3 is 39.9 Å². The molecule has 2 aromatic heterocycles. The molecule has 0 aliphatic carbocycles. The number of halogens is 2. The fraction of sp³-hybridized carbons (Fsp3) is 0.429. The average molecular weight is 832 g/mol. The van der Waals surface area contributed by atoms with Crippen molar-refractivity contribution in [2.45, 2.75) is 77.5 Å². The fourth-order valence-corrected chi connectivity index (χ4v) is 6.57. The van der Waals surface area contributed by atoms with Crippen molar-refractivity contribution in [1.29, 1.82) is 0 Å². The van der Waals surface area contributed by atoms with E-state index < -0.39 is 24.3 Å². The Morgan fingerprint density at radius 1 is 0.655 bits per heavy atom. The minimum Gasteiger partial charge on any atom is -0.453 e. The molecule has 3 aromatic rings. The topological polar surface area (TPSA) is 175 Å². The predicted molar refractivity (Wildman–Crippen MR) is 221 cm³/mol. The van der Waals surface area contributed by atoms with E-state index in [2.05, 4.69) is 77.9 Å². The Balaban J connectivity index is 0.00000450. The molecule has 58 heavy (non-hydrogen) atoms. The van der Waals surface area contributed by atoms with Gasteiger partial charge in [-0.2, -0.15) is 0 Å². The normalized spacial score (nSPS) is 16.3. The molecule has 16 heteroatoms. The zero-order valence-corrected chi connectivity index (χ0v) is 34.9. The lowest BCUT2D eigenvalue weighted by Crippen LogP contribution is -2.51. The number of methoxy groups -OCH3 is 2. The number of nitrogens with one attached hydrogen (secondary N) is 4. The SMILES string of the molecule is COC(=O)N[C@H](C(=O)N1CCC[C@H]1c1ncc(C#CC#Cc2ccc(C#CC#Cc3cnc([C@@H]4CCCN4C(=O)[C@@H](NC(=O)OC)C(C)C)[nH]3)cc2)[nH]1)C(C)C.Cl.Cl. The number of imidazole rings is 2. The Bertz CT molecular complexity index is 2020. The first-order valence-electron chi connectivity index (χ1n) is 18.5. The predicted octanol–water partition coefficient (Wildman–Crippen LogP) is 4.87. The van der Waals surface area contributed by atoms with E-state index in [4.69, 9.17) is 9.47 Å². The molecular weight excluding hydrogens is 783 g/mol. The van der Waals surface area contributed by atoms with Crippen molar-refractivity contribution in [3.8, 4) is 47.4 Å². The largest absolute Gasteiger partial charge is 0.453 e. The number of rotatable bonds is 8. The van der Waals surface area contributed by atoms with E-state index in [1.54, 1.807) is 22.2 Å². The second-order valence-corrected chi connectivity index (χ2v) is 14.0. The number of H-pyrrole nitrogens is 2. The maximum Gasteiger partial charge on any atom is 0.407 e. The molecule has 1 aromatic carbocycles. The van der Waals surface area contributed by atoms with Gasteiger partial charge in [-0.25, -0.2) is 19.6 Å². The highest BCUT2D eigenvalue weighted by atomic mass is 35.5. The van der Waals surface area contributed by atoms with Crippen LogP contribution in [-0.2, 0) is 19.1 Å². The Labute approximate surface area is 351 Å². The molecule has 2 aliphatic heterocycles. The monoisotopic (exact) mass is 830 g/mol. The van der Waals surface area contributed by atoms with Gasteiger partial charge in [-0.3, -0.25) is 9.59 Å². The van der Waals surface area contributed by atoms with Crippen LogP contribution >= 0.6 is 24.8 Å². The van der Waals surface area contributed by atoms with Crippen molar-refractivity contribution in [2.75, 3.05) is 27.3 Å². The number of ether oxygens (including phenoxy) is 2. The number of amides is 4. The lowest BCUT2D eigenvalue weighted by atomic mass is 10.0. The van der Waals surface area contributed by atoms with Crippen LogP contribution in [0.4, 0.5) is 9.59 Å². The second kappa shape index (κ2) is 22.0. The van der Waals surface area contributed by atoms with Crippen LogP contribution in [-0.4, -0.2) is 93.1 Å². The van der Waals surface area contributed by atoms with Crippen LogP contribution in [0, 0.1) is 59.2 Å². The van der Waals surface area contributed by atoms with Gasteiger partial charge in [0.1, 0.15) is 35.1 Å². The van der Waals surface area contributed by atoms with Crippen molar-refractivity contribution in [3.63, 3.8) is 0 Å². The van der Waals surface area contributed by atoms with Crippen molar-refractivity contribution < 1.29 is 28.7 Å². The number of carbonyl (C=O) groups excluding carboxylic acids is 4.